The first-order chi connectivity index (χ1) is 6.27. The monoisotopic (exact) mass is 203 g/mol. The highest BCUT2D eigenvalue weighted by molar-refractivity contribution is 6.18. The van der Waals surface area contributed by atoms with Crippen molar-refractivity contribution in [1.29, 1.82) is 0 Å². The molecule has 3 heteroatoms. The van der Waals surface area contributed by atoms with Crippen LogP contribution in [0.25, 0.3) is 0 Å². The van der Waals surface area contributed by atoms with E-state index in [2.05, 4.69) is 0 Å². The molecule has 76 valence electrons. The van der Waals surface area contributed by atoms with Gasteiger partial charge in [0, 0.05) is 25.4 Å². The maximum absolute atomic E-state index is 11.5. The van der Waals surface area contributed by atoms with Crippen molar-refractivity contribution in [2.75, 3.05) is 19.0 Å². The lowest BCUT2D eigenvalue weighted by molar-refractivity contribution is -0.131. The Hall–Kier alpha value is -0.240. The molecule has 0 atom stereocenters. The van der Waals surface area contributed by atoms with Crippen molar-refractivity contribution >= 4 is 17.5 Å². The number of halogens is 1. The van der Waals surface area contributed by atoms with Crippen LogP contribution in [0.15, 0.2) is 0 Å². The maximum Gasteiger partial charge on any atom is 0.223 e. The molecular weight excluding hydrogens is 186 g/mol. The average molecular weight is 204 g/mol. The first kappa shape index (κ1) is 10.8. The standard InChI is InChI=1S/C10H18ClNO/c1-2-12(10(13)6-7-11)8-9-4-3-5-9/h9H,2-8H2,1H3. The fourth-order valence-electron chi connectivity index (χ4n) is 1.63. The summed E-state index contributed by atoms with van der Waals surface area (Å²) in [5.41, 5.74) is 0. The van der Waals surface area contributed by atoms with E-state index in [9.17, 15) is 4.79 Å². The molecule has 1 fully saturated rings. The van der Waals surface area contributed by atoms with Gasteiger partial charge in [-0.15, -0.1) is 11.6 Å². The van der Waals surface area contributed by atoms with Gasteiger partial charge in [0.25, 0.3) is 0 Å². The number of hydrogen-bond donors (Lipinski definition) is 0. The molecule has 0 aliphatic heterocycles. The zero-order valence-electron chi connectivity index (χ0n) is 8.26. The van der Waals surface area contributed by atoms with Crippen LogP contribution >= 0.6 is 11.6 Å². The minimum atomic E-state index is 0.212. The Bertz CT molecular complexity index is 168. The molecule has 2 nitrogen and oxygen atoms in total. The van der Waals surface area contributed by atoms with Gasteiger partial charge < -0.3 is 4.90 Å². The van der Waals surface area contributed by atoms with Crippen LogP contribution in [0.5, 0.6) is 0 Å². The number of alkyl halides is 1. The van der Waals surface area contributed by atoms with E-state index < -0.39 is 0 Å². The summed E-state index contributed by atoms with van der Waals surface area (Å²) < 4.78 is 0. The zero-order valence-corrected chi connectivity index (χ0v) is 9.02. The third kappa shape index (κ3) is 3.18. The molecule has 1 aliphatic carbocycles. The normalized spacial score (nSPS) is 16.8. The Labute approximate surface area is 85.2 Å². The summed E-state index contributed by atoms with van der Waals surface area (Å²) in [6, 6.07) is 0. The van der Waals surface area contributed by atoms with Crippen molar-refractivity contribution in [3.05, 3.63) is 0 Å². The minimum absolute atomic E-state index is 0.212. The van der Waals surface area contributed by atoms with Crippen LogP contribution in [0, 0.1) is 5.92 Å². The number of rotatable bonds is 5. The Morgan fingerprint density at radius 3 is 2.62 bits per heavy atom. The molecule has 1 aliphatic rings. The number of carbonyl (C=O) groups excluding carboxylic acids is 1. The molecule has 1 rings (SSSR count). The molecule has 0 saturated heterocycles. The molecule has 0 spiro atoms. The second-order valence-electron chi connectivity index (χ2n) is 3.67. The van der Waals surface area contributed by atoms with Gasteiger partial charge in [-0.25, -0.2) is 0 Å². The van der Waals surface area contributed by atoms with E-state index in [1.807, 2.05) is 11.8 Å². The summed E-state index contributed by atoms with van der Waals surface area (Å²) in [5, 5.41) is 0. The van der Waals surface area contributed by atoms with Crippen LogP contribution in [0.3, 0.4) is 0 Å². The fourth-order valence-corrected chi connectivity index (χ4v) is 1.79. The summed E-state index contributed by atoms with van der Waals surface area (Å²) >= 11 is 5.53. The predicted octanol–water partition coefficient (Wildman–Crippen LogP) is 2.26. The largest absolute Gasteiger partial charge is 0.343 e. The molecule has 0 aromatic heterocycles. The minimum Gasteiger partial charge on any atom is -0.343 e. The predicted molar refractivity (Wildman–Crippen MR) is 54.9 cm³/mol. The summed E-state index contributed by atoms with van der Waals surface area (Å²) in [6.07, 6.45) is 4.42. The van der Waals surface area contributed by atoms with Crippen LogP contribution in [0.4, 0.5) is 0 Å². The molecule has 0 unspecified atom stereocenters. The van der Waals surface area contributed by atoms with E-state index in [-0.39, 0.29) is 5.91 Å². The van der Waals surface area contributed by atoms with Gasteiger partial charge in [-0.2, -0.15) is 0 Å². The second-order valence-corrected chi connectivity index (χ2v) is 4.05. The second kappa shape index (κ2) is 5.48. The molecule has 0 bridgehead atoms. The number of carbonyl (C=O) groups is 1. The highest BCUT2D eigenvalue weighted by Gasteiger charge is 2.22. The van der Waals surface area contributed by atoms with Gasteiger partial charge in [0.1, 0.15) is 0 Å². The zero-order chi connectivity index (χ0) is 9.68. The summed E-state index contributed by atoms with van der Waals surface area (Å²) in [5.74, 6) is 1.42. The van der Waals surface area contributed by atoms with Crippen LogP contribution in [0.2, 0.25) is 0 Å². The van der Waals surface area contributed by atoms with Crippen molar-refractivity contribution in [2.45, 2.75) is 32.6 Å². The van der Waals surface area contributed by atoms with Crippen molar-refractivity contribution in [3.8, 4) is 0 Å². The molecule has 1 saturated carbocycles. The number of hydrogen-bond acceptors (Lipinski definition) is 1. The number of amides is 1. The van der Waals surface area contributed by atoms with E-state index in [0.29, 0.717) is 12.3 Å². The smallest absolute Gasteiger partial charge is 0.223 e. The van der Waals surface area contributed by atoms with Crippen molar-refractivity contribution in [3.63, 3.8) is 0 Å². The topological polar surface area (TPSA) is 20.3 Å². The van der Waals surface area contributed by atoms with E-state index in [1.54, 1.807) is 0 Å². The van der Waals surface area contributed by atoms with Crippen molar-refractivity contribution in [1.82, 2.24) is 4.90 Å². The number of nitrogens with zero attached hydrogens (tertiary/aromatic N) is 1. The SMILES string of the molecule is CCN(CC1CCC1)C(=O)CCCl. The first-order valence-corrected chi connectivity index (χ1v) is 5.65. The third-order valence-corrected chi connectivity index (χ3v) is 2.94. The molecular formula is C10H18ClNO. The van der Waals surface area contributed by atoms with Crippen molar-refractivity contribution in [2.24, 2.45) is 5.92 Å². The molecule has 0 aromatic carbocycles. The lowest BCUT2D eigenvalue weighted by Gasteiger charge is -2.31. The van der Waals surface area contributed by atoms with Crippen LogP contribution in [0.1, 0.15) is 32.6 Å². The van der Waals surface area contributed by atoms with E-state index >= 15 is 0 Å². The van der Waals surface area contributed by atoms with Gasteiger partial charge in [0.2, 0.25) is 5.91 Å². The molecule has 0 aromatic rings. The van der Waals surface area contributed by atoms with E-state index in [0.717, 1.165) is 19.0 Å². The molecule has 1 amide bonds. The lowest BCUT2D eigenvalue weighted by Crippen LogP contribution is -2.37. The molecule has 0 radical (unpaired) electrons. The molecule has 0 N–H and O–H groups in total. The lowest BCUT2D eigenvalue weighted by atomic mass is 9.85. The van der Waals surface area contributed by atoms with Gasteiger partial charge in [0.05, 0.1) is 0 Å². The van der Waals surface area contributed by atoms with Gasteiger partial charge in [-0.3, -0.25) is 4.79 Å². The van der Waals surface area contributed by atoms with Gasteiger partial charge in [0.15, 0.2) is 0 Å². The molecule has 13 heavy (non-hydrogen) atoms. The highest BCUT2D eigenvalue weighted by Crippen LogP contribution is 2.27. The fraction of sp³-hybridized carbons (Fsp3) is 0.900. The van der Waals surface area contributed by atoms with Crippen LogP contribution in [-0.4, -0.2) is 29.8 Å². The van der Waals surface area contributed by atoms with Crippen LogP contribution < -0.4 is 0 Å². The van der Waals surface area contributed by atoms with Gasteiger partial charge >= 0.3 is 0 Å². The molecule has 0 heterocycles. The highest BCUT2D eigenvalue weighted by atomic mass is 35.5. The maximum atomic E-state index is 11.5. The third-order valence-electron chi connectivity index (χ3n) is 2.75. The summed E-state index contributed by atoms with van der Waals surface area (Å²) in [7, 11) is 0. The average Bonchev–Trinajstić information content (AvgIpc) is 2.03. The van der Waals surface area contributed by atoms with Gasteiger partial charge in [-0.1, -0.05) is 6.42 Å². The van der Waals surface area contributed by atoms with Crippen LogP contribution in [-0.2, 0) is 4.79 Å². The summed E-state index contributed by atoms with van der Waals surface area (Å²) in [4.78, 5) is 13.4. The Balaban J connectivity index is 2.27. The first-order valence-electron chi connectivity index (χ1n) is 5.11. The van der Waals surface area contributed by atoms with E-state index in [4.69, 9.17) is 11.6 Å². The van der Waals surface area contributed by atoms with Gasteiger partial charge in [-0.05, 0) is 25.7 Å². The Morgan fingerprint density at radius 1 is 1.54 bits per heavy atom. The quantitative estimate of drug-likeness (QED) is 0.628. The van der Waals surface area contributed by atoms with Crippen molar-refractivity contribution < 1.29 is 4.79 Å². The summed E-state index contributed by atoms with van der Waals surface area (Å²) in [6.45, 7) is 3.81. The Kier molecular flexibility index (Phi) is 4.57. The van der Waals surface area contributed by atoms with E-state index in [1.165, 1.54) is 19.3 Å². The Morgan fingerprint density at radius 2 is 2.23 bits per heavy atom.